The molecule has 0 bridgehead atoms. The number of likely N-dealkylation sites (tertiary alicyclic amines) is 1. The van der Waals surface area contributed by atoms with Gasteiger partial charge in [-0.3, -0.25) is 19.8 Å². The lowest BCUT2D eigenvalue weighted by molar-refractivity contribution is -0.384. The standard InChI is InChI=1S/C24H30N4O3/c29-24(25-18-23(26-14-6-7-15-26)19-8-2-1-3-9-19)20-12-16-27(17-13-20)21-10-4-5-11-22(21)28(30)31/h1-5,8-11,20,23H,6-7,12-18H2,(H,25,29). The minimum Gasteiger partial charge on any atom is -0.366 e. The van der Waals surface area contributed by atoms with E-state index >= 15 is 0 Å². The van der Waals surface area contributed by atoms with E-state index in [4.69, 9.17) is 0 Å². The second-order valence-electron chi connectivity index (χ2n) is 8.42. The topological polar surface area (TPSA) is 78.7 Å². The Morgan fingerprint density at radius 1 is 1.00 bits per heavy atom. The molecule has 0 spiro atoms. The van der Waals surface area contributed by atoms with Crippen LogP contribution in [0.1, 0.15) is 37.3 Å². The highest BCUT2D eigenvalue weighted by Gasteiger charge is 2.29. The first-order valence-electron chi connectivity index (χ1n) is 11.2. The SMILES string of the molecule is O=C(NCC(c1ccccc1)N1CCCC1)C1CCN(c2ccccc2[N+](=O)[O-])CC1. The van der Waals surface area contributed by atoms with Gasteiger partial charge in [0.05, 0.1) is 11.0 Å². The van der Waals surface area contributed by atoms with Gasteiger partial charge in [0.1, 0.15) is 5.69 Å². The van der Waals surface area contributed by atoms with Gasteiger partial charge in [0.15, 0.2) is 0 Å². The minimum absolute atomic E-state index is 0.0472. The molecule has 1 N–H and O–H groups in total. The van der Waals surface area contributed by atoms with Crippen LogP contribution in [-0.4, -0.2) is 48.5 Å². The van der Waals surface area contributed by atoms with Crippen molar-refractivity contribution in [1.29, 1.82) is 0 Å². The second kappa shape index (κ2) is 9.92. The number of rotatable bonds is 7. The number of nitro benzene ring substituents is 1. The number of amides is 1. The summed E-state index contributed by atoms with van der Waals surface area (Å²) in [6.45, 7) is 4.06. The summed E-state index contributed by atoms with van der Waals surface area (Å²) in [5.41, 5.74) is 2.02. The molecule has 2 fully saturated rings. The van der Waals surface area contributed by atoms with Crippen LogP contribution in [0.15, 0.2) is 54.6 Å². The first-order chi connectivity index (χ1) is 15.1. The number of piperidine rings is 1. The number of benzene rings is 2. The molecule has 2 aromatic rings. The van der Waals surface area contributed by atoms with E-state index in [1.54, 1.807) is 12.1 Å². The van der Waals surface area contributed by atoms with Crippen LogP contribution in [0.3, 0.4) is 0 Å². The van der Waals surface area contributed by atoms with Gasteiger partial charge in [0.2, 0.25) is 5.91 Å². The van der Waals surface area contributed by atoms with Crippen LogP contribution in [0.2, 0.25) is 0 Å². The second-order valence-corrected chi connectivity index (χ2v) is 8.42. The number of nitrogens with zero attached hydrogens (tertiary/aromatic N) is 3. The Balaban J connectivity index is 1.34. The van der Waals surface area contributed by atoms with Crippen LogP contribution in [-0.2, 0) is 4.79 Å². The lowest BCUT2D eigenvalue weighted by atomic mass is 9.95. The third-order valence-electron chi connectivity index (χ3n) is 6.52. The Bertz CT molecular complexity index is 891. The van der Waals surface area contributed by atoms with E-state index in [0.29, 0.717) is 38.2 Å². The third kappa shape index (κ3) is 5.05. The molecule has 2 aliphatic heterocycles. The van der Waals surface area contributed by atoms with Gasteiger partial charge in [0.25, 0.3) is 5.69 Å². The van der Waals surface area contributed by atoms with Gasteiger partial charge in [0, 0.05) is 31.6 Å². The maximum Gasteiger partial charge on any atom is 0.292 e. The van der Waals surface area contributed by atoms with Crippen molar-refractivity contribution in [3.05, 3.63) is 70.3 Å². The first kappa shape index (κ1) is 21.3. The summed E-state index contributed by atoms with van der Waals surface area (Å²) in [6, 6.07) is 17.5. The van der Waals surface area contributed by atoms with Crippen molar-refractivity contribution < 1.29 is 9.72 Å². The molecule has 164 valence electrons. The van der Waals surface area contributed by atoms with Crippen molar-refractivity contribution in [3.63, 3.8) is 0 Å². The smallest absolute Gasteiger partial charge is 0.292 e. The van der Waals surface area contributed by atoms with Crippen LogP contribution in [0.5, 0.6) is 0 Å². The number of nitro groups is 1. The molecule has 7 nitrogen and oxygen atoms in total. The molecular weight excluding hydrogens is 392 g/mol. The van der Waals surface area contributed by atoms with Gasteiger partial charge in [-0.25, -0.2) is 0 Å². The van der Waals surface area contributed by atoms with Crippen molar-refractivity contribution in [2.45, 2.75) is 31.7 Å². The maximum absolute atomic E-state index is 12.9. The molecule has 2 saturated heterocycles. The average molecular weight is 423 g/mol. The maximum atomic E-state index is 12.9. The number of anilines is 1. The van der Waals surface area contributed by atoms with Gasteiger partial charge in [-0.2, -0.15) is 0 Å². The summed E-state index contributed by atoms with van der Waals surface area (Å²) in [5, 5.41) is 14.5. The van der Waals surface area contributed by atoms with Crippen LogP contribution in [0.25, 0.3) is 0 Å². The highest BCUT2D eigenvalue weighted by Crippen LogP contribution is 2.31. The normalized spacial score (nSPS) is 18.6. The van der Waals surface area contributed by atoms with E-state index in [0.717, 1.165) is 13.1 Å². The summed E-state index contributed by atoms with van der Waals surface area (Å²) < 4.78 is 0. The van der Waals surface area contributed by atoms with Crippen molar-refractivity contribution in [3.8, 4) is 0 Å². The van der Waals surface area contributed by atoms with Crippen LogP contribution in [0.4, 0.5) is 11.4 Å². The zero-order valence-corrected chi connectivity index (χ0v) is 17.8. The molecule has 0 radical (unpaired) electrons. The van der Waals surface area contributed by atoms with Crippen molar-refractivity contribution in [1.82, 2.24) is 10.2 Å². The molecule has 0 saturated carbocycles. The summed E-state index contributed by atoms with van der Waals surface area (Å²) in [5.74, 6) is 0.0522. The molecule has 2 aromatic carbocycles. The lowest BCUT2D eigenvalue weighted by Crippen LogP contribution is -2.43. The number of nitrogens with one attached hydrogen (secondary N) is 1. The summed E-state index contributed by atoms with van der Waals surface area (Å²) in [4.78, 5) is 28.4. The molecule has 1 atom stereocenters. The van der Waals surface area contributed by atoms with E-state index in [-0.39, 0.29) is 28.5 Å². The van der Waals surface area contributed by atoms with Gasteiger partial charge in [-0.15, -0.1) is 0 Å². The van der Waals surface area contributed by atoms with Gasteiger partial charge >= 0.3 is 0 Å². The predicted molar refractivity (Wildman–Crippen MR) is 121 cm³/mol. The van der Waals surface area contributed by atoms with Crippen molar-refractivity contribution in [2.24, 2.45) is 5.92 Å². The Kier molecular flexibility index (Phi) is 6.82. The number of carbonyl (C=O) groups is 1. The summed E-state index contributed by atoms with van der Waals surface area (Å²) in [7, 11) is 0. The highest BCUT2D eigenvalue weighted by atomic mass is 16.6. The molecular formula is C24H30N4O3. The molecule has 0 aliphatic carbocycles. The Hall–Kier alpha value is -2.93. The highest BCUT2D eigenvalue weighted by molar-refractivity contribution is 5.79. The largest absolute Gasteiger partial charge is 0.366 e. The fourth-order valence-corrected chi connectivity index (χ4v) is 4.80. The number of hydrogen-bond donors (Lipinski definition) is 1. The molecule has 0 aromatic heterocycles. The van der Waals surface area contributed by atoms with Crippen molar-refractivity contribution >= 4 is 17.3 Å². The van der Waals surface area contributed by atoms with E-state index < -0.39 is 0 Å². The van der Waals surface area contributed by atoms with Crippen LogP contribution < -0.4 is 10.2 Å². The van der Waals surface area contributed by atoms with E-state index in [1.807, 2.05) is 17.0 Å². The van der Waals surface area contributed by atoms with Crippen LogP contribution >= 0.6 is 0 Å². The number of hydrogen-bond acceptors (Lipinski definition) is 5. The predicted octanol–water partition coefficient (Wildman–Crippen LogP) is 3.76. The zero-order chi connectivity index (χ0) is 21.6. The summed E-state index contributed by atoms with van der Waals surface area (Å²) in [6.07, 6.45) is 3.83. The fraction of sp³-hybridized carbons (Fsp3) is 0.458. The molecule has 2 aliphatic rings. The molecule has 31 heavy (non-hydrogen) atoms. The Morgan fingerprint density at radius 3 is 2.32 bits per heavy atom. The van der Waals surface area contributed by atoms with Gasteiger partial charge in [-0.1, -0.05) is 42.5 Å². The Morgan fingerprint density at radius 2 is 1.65 bits per heavy atom. The number of para-hydroxylation sites is 2. The van der Waals surface area contributed by atoms with E-state index in [1.165, 1.54) is 24.5 Å². The average Bonchev–Trinajstić information content (AvgIpc) is 3.34. The molecule has 1 amide bonds. The van der Waals surface area contributed by atoms with Gasteiger partial charge < -0.3 is 10.2 Å². The monoisotopic (exact) mass is 422 g/mol. The Labute approximate surface area is 183 Å². The lowest BCUT2D eigenvalue weighted by Gasteiger charge is -2.33. The quantitative estimate of drug-likeness (QED) is 0.543. The molecule has 4 rings (SSSR count). The van der Waals surface area contributed by atoms with E-state index in [9.17, 15) is 14.9 Å². The van der Waals surface area contributed by atoms with Crippen LogP contribution in [0, 0.1) is 16.0 Å². The van der Waals surface area contributed by atoms with Crippen molar-refractivity contribution in [2.75, 3.05) is 37.6 Å². The molecule has 2 heterocycles. The third-order valence-corrected chi connectivity index (χ3v) is 6.52. The fourth-order valence-electron chi connectivity index (χ4n) is 4.80. The zero-order valence-electron chi connectivity index (χ0n) is 17.8. The molecule has 1 unspecified atom stereocenters. The van der Waals surface area contributed by atoms with E-state index in [2.05, 4.69) is 34.5 Å². The molecule has 7 heteroatoms. The minimum atomic E-state index is -0.337. The number of carbonyl (C=O) groups excluding carboxylic acids is 1. The first-order valence-corrected chi connectivity index (χ1v) is 11.2. The summed E-state index contributed by atoms with van der Waals surface area (Å²) >= 11 is 0. The van der Waals surface area contributed by atoms with Gasteiger partial charge in [-0.05, 0) is 50.4 Å².